The summed E-state index contributed by atoms with van der Waals surface area (Å²) in [5.74, 6) is 3.92. The molecule has 3 rings (SSSR count). The lowest BCUT2D eigenvalue weighted by Crippen LogP contribution is -2.23. The zero-order valence-electron chi connectivity index (χ0n) is 17.0. The van der Waals surface area contributed by atoms with E-state index in [1.165, 1.54) is 11.1 Å². The molecule has 0 unspecified atom stereocenters. The number of hydrogen-bond donors (Lipinski definition) is 1. The summed E-state index contributed by atoms with van der Waals surface area (Å²) in [6.45, 7) is 6.26. The molecule has 0 aliphatic carbocycles. The maximum atomic E-state index is 9.83. The van der Waals surface area contributed by atoms with Crippen LogP contribution in [-0.2, 0) is 14.9 Å². The van der Waals surface area contributed by atoms with E-state index >= 15 is 0 Å². The van der Waals surface area contributed by atoms with E-state index in [-0.39, 0.29) is 31.3 Å². The Morgan fingerprint density at radius 2 is 1.59 bits per heavy atom. The number of epoxide rings is 1. The van der Waals surface area contributed by atoms with E-state index in [2.05, 4.69) is 31.9 Å². The molecule has 1 saturated heterocycles. The second kappa shape index (κ2) is 9.80. The summed E-state index contributed by atoms with van der Waals surface area (Å²) in [5.41, 5.74) is 2.20. The zero-order valence-corrected chi connectivity index (χ0v) is 17.0. The van der Waals surface area contributed by atoms with E-state index in [9.17, 15) is 5.11 Å². The van der Waals surface area contributed by atoms with Gasteiger partial charge in [-0.15, -0.1) is 6.42 Å². The van der Waals surface area contributed by atoms with Crippen LogP contribution in [0.5, 0.6) is 11.5 Å². The molecule has 5 nitrogen and oxygen atoms in total. The molecule has 0 aromatic heterocycles. The maximum absolute atomic E-state index is 9.83. The summed E-state index contributed by atoms with van der Waals surface area (Å²) in [6.07, 6.45) is 4.64. The number of hydrogen-bond acceptors (Lipinski definition) is 5. The van der Waals surface area contributed by atoms with Crippen molar-refractivity contribution >= 4 is 0 Å². The summed E-state index contributed by atoms with van der Waals surface area (Å²) < 4.78 is 21.6. The van der Waals surface area contributed by atoms with Gasteiger partial charge in [0, 0.05) is 5.41 Å². The standard InChI is InChI=1S/C24H28O5/c1-4-13-26-14-20(25)15-27-21-9-5-18(6-10-21)24(2,3)19-7-11-22(12-8-19)28-16-23-17-29-23/h1,5-12,20,23,25H,13-17H2,2-3H3/t20-,23-/m0/s1. The average Bonchev–Trinajstić information content (AvgIpc) is 3.56. The normalized spacial score (nSPS) is 16.7. The van der Waals surface area contributed by atoms with Gasteiger partial charge in [0.1, 0.15) is 43.5 Å². The van der Waals surface area contributed by atoms with Crippen LogP contribution < -0.4 is 9.47 Å². The fourth-order valence-corrected chi connectivity index (χ4v) is 2.95. The van der Waals surface area contributed by atoms with Crippen LogP contribution in [0, 0.1) is 12.3 Å². The summed E-state index contributed by atoms with van der Waals surface area (Å²) in [5, 5.41) is 9.83. The molecule has 2 aromatic carbocycles. The third kappa shape index (κ3) is 6.23. The van der Waals surface area contributed by atoms with Crippen LogP contribution in [-0.4, -0.2) is 50.3 Å². The predicted molar refractivity (Wildman–Crippen MR) is 111 cm³/mol. The summed E-state index contributed by atoms with van der Waals surface area (Å²) in [6, 6.07) is 16.1. The molecule has 0 radical (unpaired) electrons. The van der Waals surface area contributed by atoms with Crippen molar-refractivity contribution in [2.45, 2.75) is 31.5 Å². The van der Waals surface area contributed by atoms with E-state index in [0.29, 0.717) is 12.4 Å². The highest BCUT2D eigenvalue weighted by Gasteiger charge is 2.24. The Labute approximate surface area is 172 Å². The number of ether oxygens (including phenoxy) is 4. The van der Waals surface area contributed by atoms with Gasteiger partial charge in [0.15, 0.2) is 0 Å². The molecule has 1 aliphatic heterocycles. The van der Waals surface area contributed by atoms with Gasteiger partial charge >= 0.3 is 0 Å². The molecule has 0 amide bonds. The van der Waals surface area contributed by atoms with Crippen LogP contribution in [0.1, 0.15) is 25.0 Å². The van der Waals surface area contributed by atoms with Crippen molar-refractivity contribution in [2.75, 3.05) is 33.0 Å². The second-order valence-corrected chi connectivity index (χ2v) is 7.62. The van der Waals surface area contributed by atoms with E-state index in [1.807, 2.05) is 36.4 Å². The quantitative estimate of drug-likeness (QED) is 0.359. The van der Waals surface area contributed by atoms with Crippen molar-refractivity contribution in [1.82, 2.24) is 0 Å². The number of benzene rings is 2. The molecule has 2 aromatic rings. The van der Waals surface area contributed by atoms with Gasteiger partial charge in [0.25, 0.3) is 0 Å². The fourth-order valence-electron chi connectivity index (χ4n) is 2.95. The Kier molecular flexibility index (Phi) is 7.16. The molecule has 29 heavy (non-hydrogen) atoms. The van der Waals surface area contributed by atoms with E-state index in [4.69, 9.17) is 25.4 Å². The number of aliphatic hydroxyl groups excluding tert-OH is 1. The molecule has 0 saturated carbocycles. The topological polar surface area (TPSA) is 60.5 Å². The van der Waals surface area contributed by atoms with Gasteiger partial charge in [0.2, 0.25) is 0 Å². The number of terminal acetylenes is 1. The van der Waals surface area contributed by atoms with Crippen molar-refractivity contribution in [2.24, 2.45) is 0 Å². The number of rotatable bonds is 11. The Bertz CT molecular complexity index is 801. The molecule has 0 spiro atoms. The smallest absolute Gasteiger partial charge is 0.119 e. The fraction of sp³-hybridized carbons (Fsp3) is 0.417. The highest BCUT2D eigenvalue weighted by Crippen LogP contribution is 2.33. The van der Waals surface area contributed by atoms with Crippen LogP contribution in [0.4, 0.5) is 0 Å². The molecule has 1 N–H and O–H groups in total. The molecule has 1 aliphatic rings. The van der Waals surface area contributed by atoms with Crippen LogP contribution in [0.25, 0.3) is 0 Å². The van der Waals surface area contributed by atoms with Gasteiger partial charge in [-0.05, 0) is 35.4 Å². The lowest BCUT2D eigenvalue weighted by molar-refractivity contribution is 0.0229. The third-order valence-electron chi connectivity index (χ3n) is 4.93. The van der Waals surface area contributed by atoms with Gasteiger partial charge in [0.05, 0.1) is 13.2 Å². The Morgan fingerprint density at radius 1 is 1.03 bits per heavy atom. The Morgan fingerprint density at radius 3 is 2.10 bits per heavy atom. The first-order chi connectivity index (χ1) is 14.0. The van der Waals surface area contributed by atoms with Crippen LogP contribution in [0.2, 0.25) is 0 Å². The number of aliphatic hydroxyl groups is 1. The minimum atomic E-state index is -0.716. The lowest BCUT2D eigenvalue weighted by Gasteiger charge is -2.26. The van der Waals surface area contributed by atoms with Crippen molar-refractivity contribution < 1.29 is 24.1 Å². The van der Waals surface area contributed by atoms with Crippen LogP contribution in [0.3, 0.4) is 0 Å². The molecule has 5 heteroatoms. The molecule has 1 heterocycles. The summed E-state index contributed by atoms with van der Waals surface area (Å²) in [4.78, 5) is 0. The SMILES string of the molecule is C#CCOC[C@H](O)COc1ccc(C(C)(C)c2ccc(OC[C@H]3CO3)cc2)cc1. The lowest BCUT2D eigenvalue weighted by atomic mass is 9.78. The first kappa shape index (κ1) is 21.2. The first-order valence-electron chi connectivity index (χ1n) is 9.76. The highest BCUT2D eigenvalue weighted by molar-refractivity contribution is 5.41. The Hall–Kier alpha value is -2.52. The average molecular weight is 396 g/mol. The molecular weight excluding hydrogens is 368 g/mol. The highest BCUT2D eigenvalue weighted by atomic mass is 16.6. The third-order valence-corrected chi connectivity index (χ3v) is 4.93. The van der Waals surface area contributed by atoms with Gasteiger partial charge in [-0.25, -0.2) is 0 Å². The first-order valence-corrected chi connectivity index (χ1v) is 9.76. The molecule has 0 bridgehead atoms. The van der Waals surface area contributed by atoms with Crippen molar-refractivity contribution in [3.8, 4) is 23.8 Å². The second-order valence-electron chi connectivity index (χ2n) is 7.62. The van der Waals surface area contributed by atoms with E-state index in [0.717, 1.165) is 12.4 Å². The molecule has 2 atom stereocenters. The van der Waals surface area contributed by atoms with Gasteiger partial charge in [-0.3, -0.25) is 0 Å². The van der Waals surface area contributed by atoms with Gasteiger partial charge in [-0.1, -0.05) is 44.0 Å². The van der Waals surface area contributed by atoms with Crippen molar-refractivity contribution in [1.29, 1.82) is 0 Å². The van der Waals surface area contributed by atoms with Crippen LogP contribution >= 0.6 is 0 Å². The van der Waals surface area contributed by atoms with Crippen molar-refractivity contribution in [3.63, 3.8) is 0 Å². The summed E-state index contributed by atoms with van der Waals surface area (Å²) in [7, 11) is 0. The molecular formula is C24H28O5. The largest absolute Gasteiger partial charge is 0.491 e. The molecule has 1 fully saturated rings. The molecule has 154 valence electrons. The monoisotopic (exact) mass is 396 g/mol. The minimum Gasteiger partial charge on any atom is -0.491 e. The van der Waals surface area contributed by atoms with Gasteiger partial charge < -0.3 is 24.1 Å². The Balaban J connectivity index is 1.55. The minimum absolute atomic E-state index is 0.153. The van der Waals surface area contributed by atoms with E-state index < -0.39 is 6.10 Å². The van der Waals surface area contributed by atoms with Gasteiger partial charge in [-0.2, -0.15) is 0 Å². The van der Waals surface area contributed by atoms with Crippen molar-refractivity contribution in [3.05, 3.63) is 59.7 Å². The predicted octanol–water partition coefficient (Wildman–Crippen LogP) is 3.18. The van der Waals surface area contributed by atoms with Crippen LogP contribution in [0.15, 0.2) is 48.5 Å². The zero-order chi connectivity index (χ0) is 20.7. The summed E-state index contributed by atoms with van der Waals surface area (Å²) >= 11 is 0. The van der Waals surface area contributed by atoms with E-state index in [1.54, 1.807) is 0 Å². The maximum Gasteiger partial charge on any atom is 0.119 e.